The Hall–Kier alpha value is 0.0500. The van der Waals surface area contributed by atoms with Crippen LogP contribution < -0.4 is 0 Å². The van der Waals surface area contributed by atoms with Crippen LogP contribution in [-0.4, -0.2) is 6.29 Å². The van der Waals surface area contributed by atoms with Crippen molar-refractivity contribution in [1.29, 1.82) is 0 Å². The predicted octanol–water partition coefficient (Wildman–Crippen LogP) is 4.07. The smallest absolute Gasteiger partial charge is 0.236 e. The highest BCUT2D eigenvalue weighted by molar-refractivity contribution is 6.51. The van der Waals surface area contributed by atoms with Gasteiger partial charge in [0.2, 0.25) is 6.29 Å². The number of hydrogen-bond donors (Lipinski definition) is 0. The predicted molar refractivity (Wildman–Crippen MR) is 56.0 cm³/mol. The van der Waals surface area contributed by atoms with Gasteiger partial charge in [-0.05, 0) is 12.5 Å². The molecule has 0 fully saturated rings. The van der Waals surface area contributed by atoms with Gasteiger partial charge in [-0.15, -0.1) is 0 Å². The summed E-state index contributed by atoms with van der Waals surface area (Å²) in [6, 6.07) is 0. The van der Waals surface area contributed by atoms with Crippen LogP contribution in [0.1, 0.15) is 11.1 Å². The van der Waals surface area contributed by atoms with Gasteiger partial charge in [0.1, 0.15) is 0 Å². The van der Waals surface area contributed by atoms with E-state index in [0.29, 0.717) is 5.56 Å². The first-order valence-corrected chi connectivity index (χ1v) is 4.72. The molecule has 0 saturated heterocycles. The minimum atomic E-state index is 0.0391. The Kier molecular flexibility index (Phi) is 3.47. The van der Waals surface area contributed by atoms with Gasteiger partial charge in [0.05, 0.1) is 25.7 Å². The zero-order chi connectivity index (χ0) is 10.2. The van der Waals surface area contributed by atoms with Crippen LogP contribution in [0.4, 0.5) is 0 Å². The van der Waals surface area contributed by atoms with Crippen molar-refractivity contribution in [2.24, 2.45) is 0 Å². The van der Waals surface area contributed by atoms with E-state index < -0.39 is 0 Å². The minimum absolute atomic E-state index is 0.0391. The summed E-state index contributed by atoms with van der Waals surface area (Å²) < 4.78 is 0. The van der Waals surface area contributed by atoms with Crippen molar-refractivity contribution in [2.45, 2.75) is 6.92 Å². The Bertz CT molecular complexity index is 344. The fourth-order valence-electron chi connectivity index (χ4n) is 0.841. The molecule has 13 heavy (non-hydrogen) atoms. The molecule has 0 saturated carbocycles. The van der Waals surface area contributed by atoms with Crippen molar-refractivity contribution < 1.29 is 4.79 Å². The molecule has 0 aliphatic rings. The number of carbonyl (C=O) groups excluding carboxylic acids is 1. The molecule has 0 bridgehead atoms. The molecule has 0 unspecified atom stereocenters. The maximum Gasteiger partial charge on any atom is 0.236 e. The Morgan fingerprint density at radius 2 is 1.46 bits per heavy atom. The summed E-state index contributed by atoms with van der Waals surface area (Å²) in [5.41, 5.74) is 0.575. The van der Waals surface area contributed by atoms with Crippen LogP contribution in [0.25, 0.3) is 0 Å². The number of benzene rings is 1. The lowest BCUT2D eigenvalue weighted by molar-refractivity contribution is 0.563. The molecule has 1 rings (SSSR count). The summed E-state index contributed by atoms with van der Waals surface area (Å²) in [4.78, 5) is 10.5. The van der Waals surface area contributed by atoms with Crippen molar-refractivity contribution in [3.8, 4) is 0 Å². The molecule has 0 aromatic heterocycles. The molecule has 0 spiro atoms. The molecule has 0 amide bonds. The first-order valence-electron chi connectivity index (χ1n) is 3.21. The van der Waals surface area contributed by atoms with E-state index in [4.69, 9.17) is 46.4 Å². The summed E-state index contributed by atoms with van der Waals surface area (Å²) in [6.45, 7) is 1.65. The van der Waals surface area contributed by atoms with Gasteiger partial charge in [-0.1, -0.05) is 46.4 Å². The Labute approximate surface area is 95.5 Å². The van der Waals surface area contributed by atoms with E-state index in [1.165, 1.54) is 0 Å². The van der Waals surface area contributed by atoms with E-state index in [1.807, 2.05) is 0 Å². The lowest BCUT2D eigenvalue weighted by Gasteiger charge is -2.08. The summed E-state index contributed by atoms with van der Waals surface area (Å²) in [5, 5.41) is 0.617. The van der Waals surface area contributed by atoms with E-state index in [9.17, 15) is 4.79 Å². The van der Waals surface area contributed by atoms with Crippen LogP contribution in [0.15, 0.2) is 0 Å². The first-order chi connectivity index (χ1) is 6.00. The number of hydrogen-bond acceptors (Lipinski definition) is 1. The van der Waals surface area contributed by atoms with Gasteiger partial charge in [0, 0.05) is 0 Å². The molecule has 0 heterocycles. The van der Waals surface area contributed by atoms with Crippen molar-refractivity contribution in [3.05, 3.63) is 31.2 Å². The molecule has 0 N–H and O–H groups in total. The fraction of sp³-hybridized carbons (Fsp3) is 0.125. The van der Waals surface area contributed by atoms with Crippen LogP contribution in [-0.2, 0) is 4.79 Å². The summed E-state index contributed by atoms with van der Waals surface area (Å²) >= 11 is 23.0. The highest BCUT2D eigenvalue weighted by atomic mass is 35.5. The van der Waals surface area contributed by atoms with Gasteiger partial charge >= 0.3 is 0 Å². The highest BCUT2D eigenvalue weighted by Crippen LogP contribution is 2.39. The molecule has 69 valence electrons. The molecule has 1 aromatic rings. The maximum absolute atomic E-state index is 10.5. The van der Waals surface area contributed by atoms with Crippen LogP contribution in [0.2, 0.25) is 20.1 Å². The lowest BCUT2D eigenvalue weighted by atomic mass is 10.1. The second-order valence-electron chi connectivity index (χ2n) is 2.36. The third kappa shape index (κ3) is 1.79. The molecule has 1 radical (unpaired) electrons. The van der Waals surface area contributed by atoms with Gasteiger partial charge in [-0.3, -0.25) is 4.79 Å². The minimum Gasteiger partial charge on any atom is -0.285 e. The number of rotatable bonds is 1. The zero-order valence-corrected chi connectivity index (χ0v) is 9.44. The standard InChI is InChI=1S/C8H3Cl4O/c1-3-5(9)4(2-13)7(11)8(12)6(3)10/h1H3. The van der Waals surface area contributed by atoms with Crippen LogP contribution in [0, 0.1) is 6.92 Å². The largest absolute Gasteiger partial charge is 0.285 e. The molecule has 1 nitrogen and oxygen atoms in total. The van der Waals surface area contributed by atoms with Gasteiger partial charge in [-0.25, -0.2) is 0 Å². The quantitative estimate of drug-likeness (QED) is 0.547. The Morgan fingerprint density at radius 3 is 1.92 bits per heavy atom. The Balaban J connectivity index is 3.66. The topological polar surface area (TPSA) is 17.1 Å². The molecule has 0 aliphatic heterocycles. The molecule has 1 aromatic carbocycles. The average molecular weight is 257 g/mol. The molecule has 5 heteroatoms. The highest BCUT2D eigenvalue weighted by Gasteiger charge is 2.17. The Morgan fingerprint density at radius 1 is 0.923 bits per heavy atom. The average Bonchev–Trinajstić information content (AvgIpc) is 2.13. The van der Waals surface area contributed by atoms with Crippen molar-refractivity contribution in [3.63, 3.8) is 0 Å². The molecular formula is C8H3Cl4O. The van der Waals surface area contributed by atoms with Crippen molar-refractivity contribution in [1.82, 2.24) is 0 Å². The van der Waals surface area contributed by atoms with E-state index >= 15 is 0 Å². The number of halogens is 4. The monoisotopic (exact) mass is 255 g/mol. The lowest BCUT2D eigenvalue weighted by Crippen LogP contribution is -1.91. The summed E-state index contributed by atoms with van der Waals surface area (Å²) in [7, 11) is 0. The third-order valence-corrected chi connectivity index (χ3v) is 3.48. The van der Waals surface area contributed by atoms with E-state index in [-0.39, 0.29) is 25.7 Å². The second kappa shape index (κ2) is 4.05. The molecular weight excluding hydrogens is 254 g/mol. The van der Waals surface area contributed by atoms with E-state index in [2.05, 4.69) is 0 Å². The van der Waals surface area contributed by atoms with Crippen LogP contribution in [0.3, 0.4) is 0 Å². The third-order valence-electron chi connectivity index (χ3n) is 1.58. The van der Waals surface area contributed by atoms with Gasteiger partial charge in [0.25, 0.3) is 0 Å². The summed E-state index contributed by atoms with van der Waals surface area (Å²) in [6.07, 6.45) is 1.62. The van der Waals surface area contributed by atoms with Crippen LogP contribution in [0.5, 0.6) is 0 Å². The summed E-state index contributed by atoms with van der Waals surface area (Å²) in [5.74, 6) is 0. The maximum atomic E-state index is 10.5. The van der Waals surface area contributed by atoms with Crippen LogP contribution >= 0.6 is 46.4 Å². The van der Waals surface area contributed by atoms with E-state index in [1.54, 1.807) is 13.2 Å². The molecule has 0 atom stereocenters. The zero-order valence-electron chi connectivity index (χ0n) is 6.42. The SMILES string of the molecule is Cc1c(Cl)c(Cl)c(Cl)c([C]=O)c1Cl. The fourth-order valence-corrected chi connectivity index (χ4v) is 1.87. The normalized spacial score (nSPS) is 10.2. The van der Waals surface area contributed by atoms with Gasteiger partial charge in [-0.2, -0.15) is 0 Å². The first kappa shape index (κ1) is 11.1. The van der Waals surface area contributed by atoms with Crippen molar-refractivity contribution in [2.75, 3.05) is 0 Å². The van der Waals surface area contributed by atoms with Gasteiger partial charge in [0.15, 0.2) is 0 Å². The second-order valence-corrected chi connectivity index (χ2v) is 3.87. The van der Waals surface area contributed by atoms with Gasteiger partial charge < -0.3 is 0 Å². The molecule has 0 aliphatic carbocycles. The van der Waals surface area contributed by atoms with E-state index in [0.717, 1.165) is 0 Å². The van der Waals surface area contributed by atoms with Crippen molar-refractivity contribution >= 4 is 52.7 Å².